The molecule has 0 unspecified atom stereocenters. The van der Waals surface area contributed by atoms with E-state index in [1.165, 1.54) is 0 Å². The number of carbonyl (C=O) groups excluding carboxylic acids is 3. The number of amides is 3. The summed E-state index contributed by atoms with van der Waals surface area (Å²) in [5, 5.41) is 3.08. The maximum atomic E-state index is 12.4. The summed E-state index contributed by atoms with van der Waals surface area (Å²) in [6, 6.07) is 12.3. The lowest BCUT2D eigenvalue weighted by Crippen LogP contribution is -2.33. The van der Waals surface area contributed by atoms with E-state index in [0.717, 1.165) is 22.6 Å². The molecule has 0 spiro atoms. The average molecular weight is 357 g/mol. The van der Waals surface area contributed by atoms with Crippen molar-refractivity contribution in [3.05, 3.63) is 64.2 Å². The summed E-state index contributed by atoms with van der Waals surface area (Å²) in [6.07, 6.45) is 0.828. The van der Waals surface area contributed by atoms with Crippen LogP contribution in [0.25, 0.3) is 0 Å². The van der Waals surface area contributed by atoms with Gasteiger partial charge in [0, 0.05) is 18.7 Å². The van der Waals surface area contributed by atoms with Crippen molar-refractivity contribution in [1.82, 2.24) is 4.90 Å². The number of nitrogens with zero attached hydrogens (tertiary/aromatic N) is 1. The average Bonchev–Trinajstić information content (AvgIpc) is 2.85. The van der Waals surface area contributed by atoms with E-state index in [-0.39, 0.29) is 35.0 Å². The summed E-state index contributed by atoms with van der Waals surface area (Å²) in [6.45, 7) is 2.02. The molecule has 2 aromatic carbocycles. The zero-order valence-corrected chi connectivity index (χ0v) is 14.5. The summed E-state index contributed by atoms with van der Waals surface area (Å²) in [4.78, 5) is 38.0. The highest BCUT2D eigenvalue weighted by Crippen LogP contribution is 2.29. The molecule has 2 aromatic rings. The fourth-order valence-corrected chi connectivity index (χ4v) is 3.13. The molecule has 0 saturated carbocycles. The number of benzene rings is 2. The third-order valence-corrected chi connectivity index (χ3v) is 4.50. The van der Waals surface area contributed by atoms with Gasteiger partial charge in [-0.1, -0.05) is 42.8 Å². The number of para-hydroxylation sites is 1. The molecular formula is C19H17ClN2O3. The van der Waals surface area contributed by atoms with Gasteiger partial charge in [-0.2, -0.15) is 0 Å². The van der Waals surface area contributed by atoms with E-state index in [1.807, 2.05) is 31.2 Å². The summed E-state index contributed by atoms with van der Waals surface area (Å²) in [5.74, 6) is -1.11. The molecule has 1 heterocycles. The van der Waals surface area contributed by atoms with Crippen molar-refractivity contribution in [2.24, 2.45) is 0 Å². The van der Waals surface area contributed by atoms with Gasteiger partial charge in [0.25, 0.3) is 11.8 Å². The van der Waals surface area contributed by atoms with Crippen LogP contribution in [0.5, 0.6) is 0 Å². The zero-order chi connectivity index (χ0) is 18.0. The summed E-state index contributed by atoms with van der Waals surface area (Å²) >= 11 is 6.02. The molecule has 0 bridgehead atoms. The number of nitrogens with one attached hydrogen (secondary N) is 1. The van der Waals surface area contributed by atoms with E-state index in [0.29, 0.717) is 0 Å². The third-order valence-electron chi connectivity index (χ3n) is 4.18. The van der Waals surface area contributed by atoms with Crippen LogP contribution < -0.4 is 5.32 Å². The number of carbonyl (C=O) groups is 3. The van der Waals surface area contributed by atoms with Crippen molar-refractivity contribution in [3.8, 4) is 0 Å². The van der Waals surface area contributed by atoms with Gasteiger partial charge >= 0.3 is 0 Å². The van der Waals surface area contributed by atoms with Crippen LogP contribution in [-0.4, -0.2) is 29.2 Å². The van der Waals surface area contributed by atoms with Gasteiger partial charge < -0.3 is 5.32 Å². The standard InChI is InChI=1S/C19H17ClN2O3/c1-2-12-6-3-4-9-15(12)21-16(23)10-11-22-18(24)13-7-5-8-14(20)17(13)19(22)25/h3-9H,2,10-11H2,1H3,(H,21,23). The Balaban J connectivity index is 1.66. The molecule has 0 fully saturated rings. The van der Waals surface area contributed by atoms with Crippen LogP contribution in [0, 0.1) is 0 Å². The van der Waals surface area contributed by atoms with Gasteiger partial charge in [0.05, 0.1) is 16.1 Å². The van der Waals surface area contributed by atoms with Gasteiger partial charge in [0.2, 0.25) is 5.91 Å². The van der Waals surface area contributed by atoms with Crippen molar-refractivity contribution in [2.45, 2.75) is 19.8 Å². The molecule has 0 atom stereocenters. The Morgan fingerprint density at radius 2 is 1.84 bits per heavy atom. The highest BCUT2D eigenvalue weighted by Gasteiger charge is 2.37. The molecule has 0 radical (unpaired) electrons. The van der Waals surface area contributed by atoms with E-state index in [9.17, 15) is 14.4 Å². The Labute approximate surface area is 150 Å². The number of imide groups is 1. The lowest BCUT2D eigenvalue weighted by atomic mass is 10.1. The molecule has 25 heavy (non-hydrogen) atoms. The molecule has 1 aliphatic rings. The Hall–Kier alpha value is -2.66. The fraction of sp³-hybridized carbons (Fsp3) is 0.211. The normalized spacial score (nSPS) is 13.1. The van der Waals surface area contributed by atoms with Gasteiger partial charge in [-0.15, -0.1) is 0 Å². The Bertz CT molecular complexity index is 863. The minimum Gasteiger partial charge on any atom is -0.326 e. The van der Waals surface area contributed by atoms with Crippen LogP contribution >= 0.6 is 11.6 Å². The van der Waals surface area contributed by atoms with Crippen molar-refractivity contribution in [1.29, 1.82) is 0 Å². The molecule has 1 N–H and O–H groups in total. The molecule has 128 valence electrons. The second kappa shape index (κ2) is 7.07. The molecule has 3 rings (SSSR count). The molecule has 0 aromatic heterocycles. The molecule has 0 saturated heterocycles. The zero-order valence-electron chi connectivity index (χ0n) is 13.7. The van der Waals surface area contributed by atoms with Crippen LogP contribution in [0.4, 0.5) is 5.69 Å². The first-order valence-corrected chi connectivity index (χ1v) is 8.43. The first kappa shape index (κ1) is 17.2. The van der Waals surface area contributed by atoms with E-state index < -0.39 is 11.8 Å². The predicted molar refractivity (Wildman–Crippen MR) is 95.9 cm³/mol. The summed E-state index contributed by atoms with van der Waals surface area (Å²) < 4.78 is 0. The van der Waals surface area contributed by atoms with Crippen molar-refractivity contribution in [3.63, 3.8) is 0 Å². The van der Waals surface area contributed by atoms with Crippen LogP contribution in [0.3, 0.4) is 0 Å². The summed E-state index contributed by atoms with van der Waals surface area (Å²) in [5.41, 5.74) is 2.28. The van der Waals surface area contributed by atoms with Gasteiger partial charge in [-0.25, -0.2) is 0 Å². The van der Waals surface area contributed by atoms with Crippen LogP contribution in [0.15, 0.2) is 42.5 Å². The summed E-state index contributed by atoms with van der Waals surface area (Å²) in [7, 11) is 0. The van der Waals surface area contributed by atoms with E-state index in [4.69, 9.17) is 11.6 Å². The quantitative estimate of drug-likeness (QED) is 0.833. The molecule has 1 aliphatic heterocycles. The van der Waals surface area contributed by atoms with Gasteiger partial charge in [-0.3, -0.25) is 19.3 Å². The molecule has 3 amide bonds. The Morgan fingerprint density at radius 3 is 2.56 bits per heavy atom. The second-order valence-electron chi connectivity index (χ2n) is 5.73. The molecular weight excluding hydrogens is 340 g/mol. The molecule has 0 aliphatic carbocycles. The lowest BCUT2D eigenvalue weighted by Gasteiger charge is -2.14. The first-order chi connectivity index (χ1) is 12.0. The number of halogens is 1. The number of rotatable bonds is 5. The van der Waals surface area contributed by atoms with E-state index >= 15 is 0 Å². The predicted octanol–water partition coefficient (Wildman–Crippen LogP) is 3.53. The number of anilines is 1. The lowest BCUT2D eigenvalue weighted by molar-refractivity contribution is -0.116. The number of hydrogen-bond acceptors (Lipinski definition) is 3. The van der Waals surface area contributed by atoms with E-state index in [1.54, 1.807) is 18.2 Å². The SMILES string of the molecule is CCc1ccccc1NC(=O)CCN1C(=O)c2cccc(Cl)c2C1=O. The number of fused-ring (bicyclic) bond motifs is 1. The topological polar surface area (TPSA) is 66.5 Å². The van der Waals surface area contributed by atoms with Crippen LogP contribution in [-0.2, 0) is 11.2 Å². The largest absolute Gasteiger partial charge is 0.326 e. The monoisotopic (exact) mass is 356 g/mol. The van der Waals surface area contributed by atoms with Gasteiger partial charge in [0.15, 0.2) is 0 Å². The minimum atomic E-state index is -0.452. The Kier molecular flexibility index (Phi) is 4.86. The maximum Gasteiger partial charge on any atom is 0.263 e. The van der Waals surface area contributed by atoms with Crippen molar-refractivity contribution in [2.75, 3.05) is 11.9 Å². The second-order valence-corrected chi connectivity index (χ2v) is 6.14. The maximum absolute atomic E-state index is 12.4. The number of hydrogen-bond donors (Lipinski definition) is 1. The highest BCUT2D eigenvalue weighted by atomic mass is 35.5. The van der Waals surface area contributed by atoms with Crippen molar-refractivity contribution >= 4 is 35.0 Å². The highest BCUT2D eigenvalue weighted by molar-refractivity contribution is 6.37. The van der Waals surface area contributed by atoms with Crippen LogP contribution in [0.1, 0.15) is 39.6 Å². The smallest absolute Gasteiger partial charge is 0.263 e. The first-order valence-electron chi connectivity index (χ1n) is 8.05. The molecule has 5 nitrogen and oxygen atoms in total. The minimum absolute atomic E-state index is 0.0167. The Morgan fingerprint density at radius 1 is 1.08 bits per heavy atom. The van der Waals surface area contributed by atoms with Gasteiger partial charge in [0.1, 0.15) is 0 Å². The van der Waals surface area contributed by atoms with Gasteiger partial charge in [-0.05, 0) is 30.2 Å². The van der Waals surface area contributed by atoms with Crippen molar-refractivity contribution < 1.29 is 14.4 Å². The van der Waals surface area contributed by atoms with Crippen LogP contribution in [0.2, 0.25) is 5.02 Å². The molecule has 6 heteroatoms. The van der Waals surface area contributed by atoms with E-state index in [2.05, 4.69) is 5.32 Å². The third kappa shape index (κ3) is 3.28. The number of aryl methyl sites for hydroxylation is 1. The fourth-order valence-electron chi connectivity index (χ4n) is 2.87.